The Labute approximate surface area is 168 Å². The van der Waals surface area contributed by atoms with Gasteiger partial charge in [0.15, 0.2) is 0 Å². The number of ether oxygens (including phenoxy) is 1. The van der Waals surface area contributed by atoms with Gasteiger partial charge in [-0.25, -0.2) is 0 Å². The molecule has 2 rings (SSSR count). The van der Waals surface area contributed by atoms with Gasteiger partial charge in [0.05, 0.1) is 11.6 Å². The molecule has 0 saturated heterocycles. The van der Waals surface area contributed by atoms with Crippen molar-refractivity contribution in [3.63, 3.8) is 0 Å². The van der Waals surface area contributed by atoms with Crippen LogP contribution in [0.5, 0.6) is 17.2 Å². The average Bonchev–Trinajstić information content (AvgIpc) is 2.66. The van der Waals surface area contributed by atoms with E-state index in [1.807, 2.05) is 25.1 Å². The first-order valence-corrected chi connectivity index (χ1v) is 9.56. The minimum absolute atomic E-state index is 0.387. The quantitative estimate of drug-likeness (QED) is 0.518. The molecule has 2 aromatic carbocycles. The van der Waals surface area contributed by atoms with Gasteiger partial charge in [-0.1, -0.05) is 27.7 Å². The van der Waals surface area contributed by atoms with Crippen LogP contribution >= 0.6 is 0 Å². The van der Waals surface area contributed by atoms with Crippen LogP contribution < -0.4 is 9.39 Å². The first-order valence-electron chi connectivity index (χ1n) is 9.56. The molecule has 0 aromatic heterocycles. The summed E-state index contributed by atoms with van der Waals surface area (Å²) in [5, 5.41) is 8.87. The third-order valence-electron chi connectivity index (χ3n) is 3.72. The van der Waals surface area contributed by atoms with E-state index in [2.05, 4.69) is 33.8 Å². The smallest absolute Gasteiger partial charge is 0.512 e. The molecule has 6 heteroatoms. The number of nitrogens with zero attached hydrogens (tertiary/aromatic N) is 1. The van der Waals surface area contributed by atoms with Crippen LogP contribution in [0.1, 0.15) is 38.8 Å². The molecule has 0 bridgehead atoms. The van der Waals surface area contributed by atoms with Gasteiger partial charge in [-0.15, -0.1) is 0 Å². The van der Waals surface area contributed by atoms with Gasteiger partial charge in [0.25, 0.3) is 0 Å². The van der Waals surface area contributed by atoms with E-state index >= 15 is 0 Å². The maximum atomic E-state index is 8.87. The Bertz CT molecular complexity index is 772. The van der Waals surface area contributed by atoms with Crippen LogP contribution in [0.3, 0.4) is 0 Å². The second-order valence-corrected chi connectivity index (χ2v) is 7.53. The Morgan fingerprint density at radius 1 is 0.893 bits per heavy atom. The standard InChI is InChI=1S/C22H28BNO4/c1-16(2)14-25-23(26-15-17(3)4)28-22-11-10-21(12-18(22)5)27-20-8-6-19(13-24)7-9-20/h6-12,16-17H,14-15H2,1-5H3. The van der Waals surface area contributed by atoms with Crippen molar-refractivity contribution in [2.24, 2.45) is 11.8 Å². The Morgan fingerprint density at radius 2 is 1.46 bits per heavy atom. The first-order chi connectivity index (χ1) is 13.4. The second kappa shape index (κ2) is 10.7. The lowest BCUT2D eigenvalue weighted by Crippen LogP contribution is -2.33. The highest BCUT2D eigenvalue weighted by atomic mass is 16.7. The van der Waals surface area contributed by atoms with Gasteiger partial charge in [0.1, 0.15) is 17.2 Å². The highest BCUT2D eigenvalue weighted by molar-refractivity contribution is 6.37. The van der Waals surface area contributed by atoms with Crippen LogP contribution in [0.25, 0.3) is 0 Å². The van der Waals surface area contributed by atoms with Crippen molar-refractivity contribution in [3.8, 4) is 23.3 Å². The lowest BCUT2D eigenvalue weighted by atomic mass is 10.1. The highest BCUT2D eigenvalue weighted by Gasteiger charge is 2.26. The minimum atomic E-state index is -0.742. The Kier molecular flexibility index (Phi) is 8.37. The van der Waals surface area contributed by atoms with Crippen molar-refractivity contribution < 1.29 is 18.7 Å². The molecule has 0 radical (unpaired) electrons. The van der Waals surface area contributed by atoms with Crippen LogP contribution in [-0.4, -0.2) is 20.5 Å². The fraction of sp³-hybridized carbons (Fsp3) is 0.409. The van der Waals surface area contributed by atoms with Gasteiger partial charge in [0, 0.05) is 13.2 Å². The average molecular weight is 381 g/mol. The van der Waals surface area contributed by atoms with Crippen LogP contribution in [0.4, 0.5) is 0 Å². The summed E-state index contributed by atoms with van der Waals surface area (Å²) in [6, 6.07) is 14.7. The summed E-state index contributed by atoms with van der Waals surface area (Å²) >= 11 is 0. The molecule has 148 valence electrons. The minimum Gasteiger partial charge on any atom is -0.512 e. The summed E-state index contributed by atoms with van der Waals surface area (Å²) in [7, 11) is -0.742. The number of hydrogen-bond acceptors (Lipinski definition) is 5. The van der Waals surface area contributed by atoms with Crippen molar-refractivity contribution in [2.45, 2.75) is 34.6 Å². The molecular weight excluding hydrogens is 353 g/mol. The summed E-state index contributed by atoms with van der Waals surface area (Å²) in [6.07, 6.45) is 0. The zero-order chi connectivity index (χ0) is 20.5. The number of aryl methyl sites for hydroxylation is 1. The number of nitriles is 1. The van der Waals surface area contributed by atoms with E-state index in [-0.39, 0.29) is 0 Å². The largest absolute Gasteiger partial charge is 0.713 e. The molecule has 5 nitrogen and oxygen atoms in total. The maximum Gasteiger partial charge on any atom is 0.713 e. The highest BCUT2D eigenvalue weighted by Crippen LogP contribution is 2.28. The van der Waals surface area contributed by atoms with Crippen LogP contribution in [-0.2, 0) is 9.31 Å². The molecule has 0 saturated carbocycles. The summed E-state index contributed by atoms with van der Waals surface area (Å²) in [4.78, 5) is 0. The second-order valence-electron chi connectivity index (χ2n) is 7.53. The Morgan fingerprint density at radius 3 is 1.96 bits per heavy atom. The first kappa shape index (κ1) is 21.8. The maximum absolute atomic E-state index is 8.87. The monoisotopic (exact) mass is 381 g/mol. The topological polar surface area (TPSA) is 60.7 Å². The van der Waals surface area contributed by atoms with E-state index in [1.54, 1.807) is 24.3 Å². The van der Waals surface area contributed by atoms with E-state index in [4.69, 9.17) is 24.0 Å². The Hall–Kier alpha value is -2.49. The van der Waals surface area contributed by atoms with E-state index in [0.29, 0.717) is 47.9 Å². The molecule has 28 heavy (non-hydrogen) atoms. The predicted octanol–water partition coefficient (Wildman–Crippen LogP) is 5.37. The van der Waals surface area contributed by atoms with Gasteiger partial charge in [0.2, 0.25) is 0 Å². The van der Waals surface area contributed by atoms with E-state index in [0.717, 1.165) is 5.56 Å². The molecule has 0 heterocycles. The molecule has 0 atom stereocenters. The SMILES string of the molecule is Cc1cc(Oc2ccc(C#N)cc2)ccc1OB(OCC(C)C)OCC(C)C. The number of benzene rings is 2. The summed E-state index contributed by atoms with van der Waals surface area (Å²) < 4.78 is 23.3. The van der Waals surface area contributed by atoms with E-state index < -0.39 is 7.32 Å². The lowest BCUT2D eigenvalue weighted by molar-refractivity contribution is 0.115. The lowest BCUT2D eigenvalue weighted by Gasteiger charge is -2.19. The van der Waals surface area contributed by atoms with E-state index in [9.17, 15) is 0 Å². The van der Waals surface area contributed by atoms with Crippen molar-refractivity contribution in [3.05, 3.63) is 53.6 Å². The summed E-state index contributed by atoms with van der Waals surface area (Å²) in [5.41, 5.74) is 1.51. The normalized spacial score (nSPS) is 10.8. The molecule has 0 fully saturated rings. The van der Waals surface area contributed by atoms with Crippen molar-refractivity contribution in [1.29, 1.82) is 5.26 Å². The molecule has 0 aliphatic heterocycles. The summed E-state index contributed by atoms with van der Waals surface area (Å²) in [6.45, 7) is 11.4. The predicted molar refractivity (Wildman–Crippen MR) is 110 cm³/mol. The van der Waals surface area contributed by atoms with Crippen LogP contribution in [0.15, 0.2) is 42.5 Å². The molecule has 0 aliphatic rings. The zero-order valence-corrected chi connectivity index (χ0v) is 17.3. The molecular formula is C22H28BNO4. The molecule has 0 amide bonds. The van der Waals surface area contributed by atoms with Gasteiger partial charge in [-0.05, 0) is 66.8 Å². The molecule has 0 spiro atoms. The molecule has 0 unspecified atom stereocenters. The molecule has 2 aromatic rings. The third-order valence-corrected chi connectivity index (χ3v) is 3.72. The zero-order valence-electron chi connectivity index (χ0n) is 17.3. The molecule has 0 N–H and O–H groups in total. The summed E-state index contributed by atoms with van der Waals surface area (Å²) in [5.74, 6) is 2.82. The van der Waals surface area contributed by atoms with Gasteiger partial charge in [-0.2, -0.15) is 5.26 Å². The third kappa shape index (κ3) is 7.26. The van der Waals surface area contributed by atoms with Crippen LogP contribution in [0, 0.1) is 30.1 Å². The van der Waals surface area contributed by atoms with Crippen molar-refractivity contribution in [2.75, 3.05) is 13.2 Å². The van der Waals surface area contributed by atoms with Crippen molar-refractivity contribution in [1.82, 2.24) is 0 Å². The van der Waals surface area contributed by atoms with Crippen molar-refractivity contribution >= 4 is 7.32 Å². The fourth-order valence-corrected chi connectivity index (χ4v) is 2.31. The van der Waals surface area contributed by atoms with Gasteiger partial charge in [-0.3, -0.25) is 0 Å². The van der Waals surface area contributed by atoms with E-state index in [1.165, 1.54) is 0 Å². The molecule has 0 aliphatic carbocycles. The van der Waals surface area contributed by atoms with Crippen LogP contribution in [0.2, 0.25) is 0 Å². The van der Waals surface area contributed by atoms with Gasteiger partial charge >= 0.3 is 7.32 Å². The fourth-order valence-electron chi connectivity index (χ4n) is 2.31. The van der Waals surface area contributed by atoms with Gasteiger partial charge < -0.3 is 18.7 Å². The number of hydrogen-bond donors (Lipinski definition) is 0. The Balaban J connectivity index is 2.04. The number of rotatable bonds is 10.